The van der Waals surface area contributed by atoms with E-state index in [1.165, 1.54) is 16.5 Å². The lowest BCUT2D eigenvalue weighted by Crippen LogP contribution is -2.01. The Hall–Kier alpha value is -2.26. The predicted octanol–water partition coefficient (Wildman–Crippen LogP) is 3.77. The first-order chi connectivity index (χ1) is 9.76. The van der Waals surface area contributed by atoms with E-state index in [0.29, 0.717) is 6.54 Å². The molecule has 0 aliphatic heterocycles. The van der Waals surface area contributed by atoms with E-state index in [1.807, 2.05) is 42.6 Å². The van der Waals surface area contributed by atoms with Crippen LogP contribution in [0.15, 0.2) is 48.7 Å². The van der Waals surface area contributed by atoms with Crippen LogP contribution in [0.25, 0.3) is 10.9 Å². The number of H-pyrrole nitrogens is 1. The number of nitrogens with two attached hydrogens (primary N) is 1. The number of hydrogen-bond donors (Lipinski definition) is 2. The zero-order chi connectivity index (χ0) is 13.9. The fourth-order valence-electron chi connectivity index (χ4n) is 2.33. The molecule has 0 saturated heterocycles. The van der Waals surface area contributed by atoms with Crippen LogP contribution in [-0.4, -0.2) is 11.5 Å². The third kappa shape index (κ3) is 2.53. The molecule has 102 valence electrons. The van der Waals surface area contributed by atoms with Crippen molar-refractivity contribution in [1.82, 2.24) is 4.98 Å². The summed E-state index contributed by atoms with van der Waals surface area (Å²) in [6.45, 7) is 2.71. The third-order valence-electron chi connectivity index (χ3n) is 3.41. The normalized spacial score (nSPS) is 10.9. The maximum absolute atomic E-state index is 5.90. The van der Waals surface area contributed by atoms with Gasteiger partial charge in [-0.2, -0.15) is 0 Å². The van der Waals surface area contributed by atoms with E-state index in [4.69, 9.17) is 10.5 Å². The molecule has 0 saturated carbocycles. The van der Waals surface area contributed by atoms with Crippen LogP contribution in [0, 0.1) is 6.92 Å². The number of rotatable bonds is 4. The van der Waals surface area contributed by atoms with E-state index in [1.54, 1.807) is 0 Å². The predicted molar refractivity (Wildman–Crippen MR) is 82.3 cm³/mol. The lowest BCUT2D eigenvalue weighted by Gasteiger charge is -2.06. The Morgan fingerprint density at radius 2 is 1.80 bits per heavy atom. The Bertz CT molecular complexity index is 713. The van der Waals surface area contributed by atoms with Crippen LogP contribution in [-0.2, 0) is 6.42 Å². The molecule has 0 fully saturated rings. The number of benzene rings is 2. The molecule has 3 nitrogen and oxygen atoms in total. The summed E-state index contributed by atoms with van der Waals surface area (Å²) < 4.78 is 5.90. The number of hydrogen-bond acceptors (Lipinski definition) is 2. The summed E-state index contributed by atoms with van der Waals surface area (Å²) in [6.07, 6.45) is 2.89. The van der Waals surface area contributed by atoms with E-state index in [0.717, 1.165) is 23.4 Å². The molecule has 1 heterocycles. The molecule has 2 aromatic carbocycles. The molecule has 3 rings (SSSR count). The molecule has 0 spiro atoms. The second kappa shape index (κ2) is 5.39. The highest BCUT2D eigenvalue weighted by Crippen LogP contribution is 2.27. The fraction of sp³-hybridized carbons (Fsp3) is 0.176. The van der Waals surface area contributed by atoms with Crippen molar-refractivity contribution in [1.29, 1.82) is 0 Å². The molecule has 0 aliphatic carbocycles. The summed E-state index contributed by atoms with van der Waals surface area (Å²) in [4.78, 5) is 3.26. The number of aromatic amines is 1. The zero-order valence-electron chi connectivity index (χ0n) is 11.5. The van der Waals surface area contributed by atoms with Crippen molar-refractivity contribution in [2.24, 2.45) is 5.73 Å². The second-order valence-electron chi connectivity index (χ2n) is 4.98. The van der Waals surface area contributed by atoms with Gasteiger partial charge in [0.2, 0.25) is 0 Å². The molecular formula is C17H18N2O. The van der Waals surface area contributed by atoms with Gasteiger partial charge in [0.1, 0.15) is 11.5 Å². The minimum absolute atomic E-state index is 0.649. The first-order valence-electron chi connectivity index (χ1n) is 6.81. The Morgan fingerprint density at radius 3 is 2.55 bits per heavy atom. The maximum atomic E-state index is 5.90. The molecule has 3 N–H and O–H groups in total. The topological polar surface area (TPSA) is 51.0 Å². The first-order valence-corrected chi connectivity index (χ1v) is 6.81. The summed E-state index contributed by atoms with van der Waals surface area (Å²) in [6, 6.07) is 14.1. The molecule has 0 amide bonds. The molecule has 0 radical (unpaired) electrons. The summed E-state index contributed by atoms with van der Waals surface area (Å²) >= 11 is 0. The van der Waals surface area contributed by atoms with Crippen molar-refractivity contribution in [3.05, 3.63) is 59.8 Å². The second-order valence-corrected chi connectivity index (χ2v) is 4.98. The Kier molecular flexibility index (Phi) is 3.44. The average molecular weight is 266 g/mol. The smallest absolute Gasteiger partial charge is 0.128 e. The summed E-state index contributed by atoms with van der Waals surface area (Å²) in [5.74, 6) is 1.70. The van der Waals surface area contributed by atoms with E-state index < -0.39 is 0 Å². The van der Waals surface area contributed by atoms with E-state index in [2.05, 4.69) is 18.0 Å². The number of fused-ring (bicyclic) bond motifs is 1. The molecule has 3 aromatic rings. The lowest BCUT2D eigenvalue weighted by atomic mass is 10.1. The Balaban J connectivity index is 1.91. The van der Waals surface area contributed by atoms with Crippen LogP contribution < -0.4 is 10.5 Å². The Labute approximate surface area is 118 Å². The van der Waals surface area contributed by atoms with Gasteiger partial charge in [-0.15, -0.1) is 0 Å². The summed E-state index contributed by atoms with van der Waals surface area (Å²) in [7, 11) is 0. The van der Waals surface area contributed by atoms with Crippen LogP contribution in [0.4, 0.5) is 0 Å². The maximum Gasteiger partial charge on any atom is 0.128 e. The Morgan fingerprint density at radius 1 is 1.05 bits per heavy atom. The lowest BCUT2D eigenvalue weighted by molar-refractivity contribution is 0.483. The van der Waals surface area contributed by atoms with Crippen LogP contribution >= 0.6 is 0 Å². The van der Waals surface area contributed by atoms with Gasteiger partial charge in [0, 0.05) is 17.1 Å². The summed E-state index contributed by atoms with van der Waals surface area (Å²) in [5.41, 5.74) is 9.22. The molecular weight excluding hydrogens is 248 g/mol. The molecule has 1 aromatic heterocycles. The van der Waals surface area contributed by atoms with Crippen molar-refractivity contribution in [2.45, 2.75) is 13.3 Å². The van der Waals surface area contributed by atoms with Crippen molar-refractivity contribution < 1.29 is 4.74 Å². The molecule has 0 aliphatic rings. The quantitative estimate of drug-likeness (QED) is 0.755. The van der Waals surface area contributed by atoms with Gasteiger partial charge in [-0.05, 0) is 55.8 Å². The number of ether oxygens (including phenoxy) is 1. The average Bonchev–Trinajstić information content (AvgIpc) is 2.85. The van der Waals surface area contributed by atoms with Crippen LogP contribution in [0.5, 0.6) is 11.5 Å². The van der Waals surface area contributed by atoms with E-state index >= 15 is 0 Å². The zero-order valence-corrected chi connectivity index (χ0v) is 11.5. The highest BCUT2D eigenvalue weighted by atomic mass is 16.5. The van der Waals surface area contributed by atoms with Crippen LogP contribution in [0.2, 0.25) is 0 Å². The third-order valence-corrected chi connectivity index (χ3v) is 3.41. The SMILES string of the molecule is Cc1ccc(Oc2ccc3[nH]cc(CCN)c3c2)cc1. The number of aromatic nitrogens is 1. The molecule has 0 unspecified atom stereocenters. The van der Waals surface area contributed by atoms with Crippen molar-refractivity contribution in [2.75, 3.05) is 6.54 Å². The van der Waals surface area contributed by atoms with Gasteiger partial charge in [0.25, 0.3) is 0 Å². The van der Waals surface area contributed by atoms with Crippen molar-refractivity contribution in [3.8, 4) is 11.5 Å². The highest BCUT2D eigenvalue weighted by Gasteiger charge is 2.05. The van der Waals surface area contributed by atoms with E-state index in [-0.39, 0.29) is 0 Å². The minimum atomic E-state index is 0.649. The monoisotopic (exact) mass is 266 g/mol. The van der Waals surface area contributed by atoms with Crippen LogP contribution in [0.1, 0.15) is 11.1 Å². The standard InChI is InChI=1S/C17H18N2O/c1-12-2-4-14(5-3-12)20-15-6-7-17-16(10-15)13(8-9-18)11-19-17/h2-7,10-11,19H,8-9,18H2,1H3. The number of aryl methyl sites for hydroxylation is 1. The fourth-order valence-corrected chi connectivity index (χ4v) is 2.33. The molecule has 0 atom stereocenters. The highest BCUT2D eigenvalue weighted by molar-refractivity contribution is 5.84. The van der Waals surface area contributed by atoms with Gasteiger partial charge in [-0.25, -0.2) is 0 Å². The van der Waals surface area contributed by atoms with E-state index in [9.17, 15) is 0 Å². The van der Waals surface area contributed by atoms with Gasteiger partial charge in [0.05, 0.1) is 0 Å². The van der Waals surface area contributed by atoms with Gasteiger partial charge >= 0.3 is 0 Å². The van der Waals surface area contributed by atoms with Gasteiger partial charge in [-0.3, -0.25) is 0 Å². The largest absolute Gasteiger partial charge is 0.457 e. The van der Waals surface area contributed by atoms with Gasteiger partial charge in [-0.1, -0.05) is 17.7 Å². The molecule has 3 heteroatoms. The molecule has 20 heavy (non-hydrogen) atoms. The van der Waals surface area contributed by atoms with Crippen molar-refractivity contribution in [3.63, 3.8) is 0 Å². The minimum Gasteiger partial charge on any atom is -0.457 e. The molecule has 0 bridgehead atoms. The first kappa shape index (κ1) is 12.8. The summed E-state index contributed by atoms with van der Waals surface area (Å²) in [5, 5.41) is 1.18. The van der Waals surface area contributed by atoms with Crippen molar-refractivity contribution >= 4 is 10.9 Å². The van der Waals surface area contributed by atoms with Crippen LogP contribution in [0.3, 0.4) is 0 Å². The van der Waals surface area contributed by atoms with Gasteiger partial charge < -0.3 is 15.5 Å². The number of nitrogens with one attached hydrogen (secondary N) is 1. The van der Waals surface area contributed by atoms with Gasteiger partial charge in [0.15, 0.2) is 0 Å².